The van der Waals surface area contributed by atoms with Crippen molar-refractivity contribution in [2.45, 2.75) is 43.7 Å². The topological polar surface area (TPSA) is 115 Å². The van der Waals surface area contributed by atoms with E-state index in [4.69, 9.17) is 11.5 Å². The molecule has 166 valence electrons. The number of nitrogens with zero attached hydrogens (tertiary/aromatic N) is 2. The Balaban J connectivity index is 1.63. The minimum absolute atomic E-state index is 0.00296. The molecule has 0 amide bonds. The van der Waals surface area contributed by atoms with E-state index in [-0.39, 0.29) is 46.8 Å². The Labute approximate surface area is 184 Å². The smallest absolute Gasteiger partial charge is 0.187 e. The zero-order valence-electron chi connectivity index (χ0n) is 17.3. The van der Waals surface area contributed by atoms with Gasteiger partial charge in [0.1, 0.15) is 17.3 Å². The molecule has 0 saturated heterocycles. The molecule has 2 heterocycles. The second-order valence-corrected chi connectivity index (χ2v) is 8.15. The van der Waals surface area contributed by atoms with Gasteiger partial charge in [-0.25, -0.2) is 13.8 Å². The highest BCUT2D eigenvalue weighted by Gasteiger charge is 2.29. The monoisotopic (exact) mass is 438 g/mol. The van der Waals surface area contributed by atoms with Crippen molar-refractivity contribution in [1.29, 1.82) is 0 Å². The van der Waals surface area contributed by atoms with Crippen molar-refractivity contribution in [1.82, 2.24) is 9.97 Å². The Kier molecular flexibility index (Phi) is 6.25. The number of hydrogen-bond acceptors (Lipinski definition) is 6. The number of hydrogen-bond donors (Lipinski definition) is 3. The summed E-state index contributed by atoms with van der Waals surface area (Å²) < 4.78 is 28.4. The lowest BCUT2D eigenvalue weighted by Crippen LogP contribution is -2.39. The average molecular weight is 438 g/mol. The quantitative estimate of drug-likeness (QED) is 0.526. The molecule has 8 heteroatoms. The van der Waals surface area contributed by atoms with E-state index in [1.807, 2.05) is 6.07 Å². The first-order valence-electron chi connectivity index (χ1n) is 10.5. The number of anilines is 1. The molecular weight excluding hydrogens is 414 g/mol. The van der Waals surface area contributed by atoms with Crippen LogP contribution in [-0.4, -0.2) is 33.0 Å². The molecule has 1 aliphatic rings. The number of halogens is 2. The Hall–Kier alpha value is -3.23. The first-order valence-corrected chi connectivity index (χ1v) is 10.5. The maximum Gasteiger partial charge on any atom is 0.187 e. The Morgan fingerprint density at radius 3 is 2.59 bits per heavy atom. The summed E-state index contributed by atoms with van der Waals surface area (Å²) in [6.07, 6.45) is 4.69. The fraction of sp³-hybridized carbons (Fsp3) is 0.292. The van der Waals surface area contributed by atoms with Crippen molar-refractivity contribution in [3.8, 4) is 11.3 Å². The van der Waals surface area contributed by atoms with Gasteiger partial charge < -0.3 is 16.6 Å². The number of pyridine rings is 2. The maximum atomic E-state index is 14.2. The number of nitrogens with two attached hydrogens (primary N) is 2. The molecule has 32 heavy (non-hydrogen) atoms. The maximum absolute atomic E-state index is 14.2. The zero-order valence-corrected chi connectivity index (χ0v) is 17.3. The predicted octanol–water partition coefficient (Wildman–Crippen LogP) is 3.39. The van der Waals surface area contributed by atoms with E-state index in [2.05, 4.69) is 9.97 Å². The summed E-state index contributed by atoms with van der Waals surface area (Å²) in [5, 5.41) is 9.93. The van der Waals surface area contributed by atoms with E-state index in [0.29, 0.717) is 12.8 Å². The number of carbonyl (C=O) groups is 1. The Morgan fingerprint density at radius 1 is 1.12 bits per heavy atom. The number of nitrogen functional groups attached to an aromatic ring is 1. The van der Waals surface area contributed by atoms with Gasteiger partial charge in [0.2, 0.25) is 0 Å². The van der Waals surface area contributed by atoms with Crippen molar-refractivity contribution in [2.24, 2.45) is 5.73 Å². The second kappa shape index (κ2) is 9.10. The van der Waals surface area contributed by atoms with Crippen molar-refractivity contribution < 1.29 is 18.7 Å². The molecule has 3 atom stereocenters. The molecule has 0 unspecified atom stereocenters. The molecule has 5 N–H and O–H groups in total. The van der Waals surface area contributed by atoms with Crippen LogP contribution in [0.25, 0.3) is 11.3 Å². The highest BCUT2D eigenvalue weighted by molar-refractivity contribution is 6.00. The van der Waals surface area contributed by atoms with Crippen molar-refractivity contribution in [3.05, 3.63) is 77.2 Å². The molecular formula is C24H24F2N4O2. The highest BCUT2D eigenvalue weighted by Crippen LogP contribution is 2.34. The van der Waals surface area contributed by atoms with Gasteiger partial charge in [0.25, 0.3) is 0 Å². The zero-order chi connectivity index (χ0) is 22.8. The number of Topliss-reactive ketones (excluding diaryl/α,β-unsaturated/α-hetero) is 1. The lowest BCUT2D eigenvalue weighted by molar-refractivity contribution is 0.0977. The van der Waals surface area contributed by atoms with E-state index in [0.717, 1.165) is 29.7 Å². The van der Waals surface area contributed by atoms with Gasteiger partial charge in [-0.2, -0.15) is 0 Å². The summed E-state index contributed by atoms with van der Waals surface area (Å²) in [6.45, 7) is 0. The number of aliphatic hydroxyl groups excluding tert-OH is 1. The van der Waals surface area contributed by atoms with E-state index in [1.165, 1.54) is 18.2 Å². The number of aromatic nitrogens is 2. The number of aliphatic hydroxyl groups is 1. The first kappa shape index (κ1) is 22.0. The standard InChI is InChI=1S/C24H24F2N4O2/c25-16-2-1-3-17(26)23(16)20-6-5-18(27)24(30-20)22(32)11-14-12-29-9-8-15(14)13-4-7-21(31)19(28)10-13/h1-3,5-6,8-9,12-13,19,21,31H,4,7,10-11,27-28H2/t13-,19+,21+/m1/s1. The van der Waals surface area contributed by atoms with Gasteiger partial charge in [0, 0.05) is 24.9 Å². The van der Waals surface area contributed by atoms with E-state index in [9.17, 15) is 18.7 Å². The molecule has 1 fully saturated rings. The SMILES string of the molecule is Nc1ccc(-c2c(F)cccc2F)nc1C(=O)Cc1cnccc1[C@@H]1CC[C@H](O)[C@@H](N)C1. The third-order valence-electron chi connectivity index (χ3n) is 6.00. The van der Waals surface area contributed by atoms with Crippen LogP contribution < -0.4 is 11.5 Å². The lowest BCUT2D eigenvalue weighted by Gasteiger charge is -2.32. The van der Waals surface area contributed by atoms with Crippen molar-refractivity contribution in [2.75, 3.05) is 5.73 Å². The summed E-state index contributed by atoms with van der Waals surface area (Å²) in [5.41, 5.74) is 13.5. The molecule has 3 aromatic rings. The fourth-order valence-corrected chi connectivity index (χ4v) is 4.29. The molecule has 1 aliphatic carbocycles. The Bertz CT molecular complexity index is 1130. The number of carbonyl (C=O) groups excluding carboxylic acids is 1. The summed E-state index contributed by atoms with van der Waals surface area (Å²) in [4.78, 5) is 21.5. The third kappa shape index (κ3) is 4.37. The predicted molar refractivity (Wildman–Crippen MR) is 117 cm³/mol. The average Bonchev–Trinajstić information content (AvgIpc) is 2.77. The largest absolute Gasteiger partial charge is 0.397 e. The molecule has 6 nitrogen and oxygen atoms in total. The van der Waals surface area contributed by atoms with E-state index >= 15 is 0 Å². The van der Waals surface area contributed by atoms with Crippen LogP contribution in [0.15, 0.2) is 48.8 Å². The van der Waals surface area contributed by atoms with Crippen LogP contribution in [0.1, 0.15) is 46.8 Å². The first-order chi connectivity index (χ1) is 15.3. The van der Waals surface area contributed by atoms with Crippen molar-refractivity contribution >= 4 is 11.5 Å². The van der Waals surface area contributed by atoms with Gasteiger partial charge in [-0.05, 0) is 66.6 Å². The fourth-order valence-electron chi connectivity index (χ4n) is 4.29. The summed E-state index contributed by atoms with van der Waals surface area (Å²) >= 11 is 0. The van der Waals surface area contributed by atoms with Gasteiger partial charge in [-0.1, -0.05) is 6.07 Å². The minimum Gasteiger partial charge on any atom is -0.397 e. The van der Waals surface area contributed by atoms with Gasteiger partial charge >= 0.3 is 0 Å². The van der Waals surface area contributed by atoms with Crippen LogP contribution in [0.2, 0.25) is 0 Å². The van der Waals surface area contributed by atoms with Gasteiger partial charge in [-0.15, -0.1) is 0 Å². The second-order valence-electron chi connectivity index (χ2n) is 8.15. The number of benzene rings is 1. The molecule has 0 bridgehead atoms. The van der Waals surface area contributed by atoms with Crippen LogP contribution in [0.3, 0.4) is 0 Å². The number of ketones is 1. The molecule has 1 saturated carbocycles. The summed E-state index contributed by atoms with van der Waals surface area (Å²) in [6, 6.07) is 7.87. The van der Waals surface area contributed by atoms with Gasteiger partial charge in [0.05, 0.1) is 23.0 Å². The lowest BCUT2D eigenvalue weighted by atomic mass is 9.78. The normalized spacial score (nSPS) is 20.8. The molecule has 4 rings (SSSR count). The van der Waals surface area contributed by atoms with Crippen LogP contribution in [0.5, 0.6) is 0 Å². The van der Waals surface area contributed by atoms with Crippen LogP contribution in [0, 0.1) is 11.6 Å². The Morgan fingerprint density at radius 2 is 1.88 bits per heavy atom. The van der Waals surface area contributed by atoms with Gasteiger partial charge in [-0.3, -0.25) is 9.78 Å². The van der Waals surface area contributed by atoms with Crippen LogP contribution in [0.4, 0.5) is 14.5 Å². The molecule has 1 aromatic carbocycles. The molecule has 0 aliphatic heterocycles. The van der Waals surface area contributed by atoms with E-state index in [1.54, 1.807) is 12.4 Å². The highest BCUT2D eigenvalue weighted by atomic mass is 19.1. The number of rotatable bonds is 5. The van der Waals surface area contributed by atoms with E-state index < -0.39 is 17.7 Å². The van der Waals surface area contributed by atoms with Crippen molar-refractivity contribution in [3.63, 3.8) is 0 Å². The summed E-state index contributed by atoms with van der Waals surface area (Å²) in [7, 11) is 0. The minimum atomic E-state index is -0.772. The van der Waals surface area contributed by atoms with Gasteiger partial charge in [0.15, 0.2) is 5.78 Å². The molecule has 0 spiro atoms. The third-order valence-corrected chi connectivity index (χ3v) is 6.00. The summed E-state index contributed by atoms with van der Waals surface area (Å²) in [5.74, 6) is -1.82. The van der Waals surface area contributed by atoms with Crippen LogP contribution in [-0.2, 0) is 6.42 Å². The van der Waals surface area contributed by atoms with Crippen LogP contribution >= 0.6 is 0 Å². The molecule has 0 radical (unpaired) electrons. The molecule has 2 aromatic heterocycles.